The molecule has 23 heavy (non-hydrogen) atoms. The fourth-order valence-corrected chi connectivity index (χ4v) is 3.42. The van der Waals surface area contributed by atoms with Gasteiger partial charge in [0, 0.05) is 31.5 Å². The van der Waals surface area contributed by atoms with Crippen molar-refractivity contribution in [2.45, 2.75) is 25.5 Å². The van der Waals surface area contributed by atoms with Crippen LogP contribution >= 0.6 is 11.6 Å². The molecule has 124 valence electrons. The Balaban J connectivity index is 1.58. The van der Waals surface area contributed by atoms with E-state index in [4.69, 9.17) is 11.6 Å². The second kappa shape index (κ2) is 6.91. The zero-order valence-corrected chi connectivity index (χ0v) is 13.9. The van der Waals surface area contributed by atoms with Crippen molar-refractivity contribution in [2.24, 2.45) is 13.0 Å². The molecule has 0 spiro atoms. The van der Waals surface area contributed by atoms with Crippen molar-refractivity contribution in [3.63, 3.8) is 0 Å². The number of hydrogen-bond donors (Lipinski definition) is 2. The van der Waals surface area contributed by atoms with Gasteiger partial charge in [-0.2, -0.15) is 0 Å². The molecule has 3 rings (SSSR count). The Morgan fingerprint density at radius 3 is 2.74 bits per heavy atom. The van der Waals surface area contributed by atoms with Gasteiger partial charge in [-0.1, -0.05) is 23.7 Å². The predicted octanol–water partition coefficient (Wildman–Crippen LogP) is 2.72. The molecule has 1 aromatic heterocycles. The van der Waals surface area contributed by atoms with Gasteiger partial charge in [0.15, 0.2) is 0 Å². The Bertz CT molecular complexity index is 666. The summed E-state index contributed by atoms with van der Waals surface area (Å²) < 4.78 is 1.88. The maximum atomic E-state index is 10.5. The molecule has 2 aromatic rings. The van der Waals surface area contributed by atoms with Crippen molar-refractivity contribution in [3.8, 4) is 5.75 Å². The third-order valence-electron chi connectivity index (χ3n) is 4.67. The molecule has 0 saturated carbocycles. The number of aliphatic hydroxyl groups is 1. The summed E-state index contributed by atoms with van der Waals surface area (Å²) in [7, 11) is 1.91. The van der Waals surface area contributed by atoms with Crippen molar-refractivity contribution >= 4 is 11.6 Å². The van der Waals surface area contributed by atoms with Crippen LogP contribution in [0.4, 0.5) is 0 Å². The number of likely N-dealkylation sites (tertiary alicyclic amines) is 1. The van der Waals surface area contributed by atoms with Crippen molar-refractivity contribution in [2.75, 3.05) is 13.1 Å². The highest BCUT2D eigenvalue weighted by Gasteiger charge is 2.28. The van der Waals surface area contributed by atoms with Gasteiger partial charge in [-0.15, -0.1) is 0 Å². The summed E-state index contributed by atoms with van der Waals surface area (Å²) in [6.45, 7) is 2.45. The van der Waals surface area contributed by atoms with Gasteiger partial charge >= 0.3 is 0 Å². The first-order chi connectivity index (χ1) is 11.1. The number of aliphatic hydroxyl groups excluding tert-OH is 1. The SMILES string of the molecule is Cn1ccnc1C(O)C1CCN(Cc2cccc(Cl)c2O)CC1. The normalized spacial score (nSPS) is 18.2. The molecule has 1 fully saturated rings. The van der Waals surface area contributed by atoms with Crippen LogP contribution in [0.3, 0.4) is 0 Å². The number of para-hydroxylation sites is 1. The molecule has 1 aromatic carbocycles. The van der Waals surface area contributed by atoms with E-state index < -0.39 is 6.10 Å². The van der Waals surface area contributed by atoms with Gasteiger partial charge in [0.1, 0.15) is 17.7 Å². The lowest BCUT2D eigenvalue weighted by molar-refractivity contribution is 0.0490. The average Bonchev–Trinajstić information content (AvgIpc) is 2.98. The molecule has 1 aliphatic rings. The summed E-state index contributed by atoms with van der Waals surface area (Å²) in [6, 6.07) is 5.45. The van der Waals surface area contributed by atoms with Crippen LogP contribution in [0, 0.1) is 5.92 Å². The highest BCUT2D eigenvalue weighted by atomic mass is 35.5. The fourth-order valence-electron chi connectivity index (χ4n) is 3.23. The van der Waals surface area contributed by atoms with Crippen LogP contribution in [0.25, 0.3) is 0 Å². The number of hydrogen-bond acceptors (Lipinski definition) is 4. The molecular weight excluding hydrogens is 314 g/mol. The number of phenolic OH excluding ortho intramolecular Hbond substituents is 1. The maximum Gasteiger partial charge on any atom is 0.138 e. The number of aromatic hydroxyl groups is 1. The van der Waals surface area contributed by atoms with Gasteiger partial charge in [0.05, 0.1) is 5.02 Å². The summed E-state index contributed by atoms with van der Waals surface area (Å²) in [5.41, 5.74) is 0.848. The zero-order chi connectivity index (χ0) is 16.4. The number of rotatable bonds is 4. The first-order valence-electron chi connectivity index (χ1n) is 7.90. The van der Waals surface area contributed by atoms with Gasteiger partial charge in [-0.25, -0.2) is 4.98 Å². The van der Waals surface area contributed by atoms with Crippen molar-refractivity contribution in [1.82, 2.24) is 14.5 Å². The molecular formula is C17H22ClN3O2. The van der Waals surface area contributed by atoms with E-state index in [-0.39, 0.29) is 11.7 Å². The Labute approximate surface area is 141 Å². The molecule has 0 radical (unpaired) electrons. The fraction of sp³-hybridized carbons (Fsp3) is 0.471. The monoisotopic (exact) mass is 335 g/mol. The number of benzene rings is 1. The minimum absolute atomic E-state index is 0.171. The molecule has 0 bridgehead atoms. The van der Waals surface area contributed by atoms with E-state index in [1.54, 1.807) is 12.3 Å². The molecule has 1 saturated heterocycles. The predicted molar refractivity (Wildman–Crippen MR) is 89.3 cm³/mol. The molecule has 0 amide bonds. The molecule has 0 aliphatic carbocycles. The standard InChI is InChI=1S/C17H22ClN3O2/c1-20-10-7-19-17(20)16(23)12-5-8-21(9-6-12)11-13-3-2-4-14(18)15(13)22/h2-4,7,10,12,16,22-23H,5-6,8-9,11H2,1H3. The molecule has 1 atom stereocenters. The largest absolute Gasteiger partial charge is 0.506 e. The topological polar surface area (TPSA) is 61.5 Å². The molecule has 2 heterocycles. The average molecular weight is 336 g/mol. The number of halogens is 1. The third-order valence-corrected chi connectivity index (χ3v) is 4.97. The summed E-state index contributed by atoms with van der Waals surface area (Å²) in [6.07, 6.45) is 4.88. The Morgan fingerprint density at radius 1 is 1.35 bits per heavy atom. The number of phenols is 1. The van der Waals surface area contributed by atoms with Gasteiger partial charge in [0.25, 0.3) is 0 Å². The lowest BCUT2D eigenvalue weighted by atomic mass is 9.90. The summed E-state index contributed by atoms with van der Waals surface area (Å²) in [5, 5.41) is 20.9. The molecule has 6 heteroatoms. The molecule has 1 aliphatic heterocycles. The Hall–Kier alpha value is -1.56. The molecule has 2 N–H and O–H groups in total. The number of nitrogens with zero attached hydrogens (tertiary/aromatic N) is 3. The number of aromatic nitrogens is 2. The summed E-state index contributed by atoms with van der Waals surface area (Å²) in [5.74, 6) is 1.13. The van der Waals surface area contributed by atoms with E-state index in [0.717, 1.165) is 37.3 Å². The van der Waals surface area contributed by atoms with Crippen LogP contribution in [-0.2, 0) is 13.6 Å². The number of imidazole rings is 1. The summed E-state index contributed by atoms with van der Waals surface area (Å²) >= 11 is 5.96. The smallest absolute Gasteiger partial charge is 0.138 e. The number of aryl methyl sites for hydroxylation is 1. The van der Waals surface area contributed by atoms with Crippen molar-refractivity contribution < 1.29 is 10.2 Å². The Morgan fingerprint density at radius 2 is 2.09 bits per heavy atom. The van der Waals surface area contributed by atoms with Crippen LogP contribution in [0.1, 0.15) is 30.3 Å². The van der Waals surface area contributed by atoms with E-state index in [1.165, 1.54) is 0 Å². The lowest BCUT2D eigenvalue weighted by Crippen LogP contribution is -2.35. The van der Waals surface area contributed by atoms with E-state index >= 15 is 0 Å². The number of piperidine rings is 1. The van der Waals surface area contributed by atoms with Crippen LogP contribution in [0.15, 0.2) is 30.6 Å². The van der Waals surface area contributed by atoms with Crippen molar-refractivity contribution in [3.05, 3.63) is 47.0 Å². The Kier molecular flexibility index (Phi) is 4.90. The minimum Gasteiger partial charge on any atom is -0.506 e. The second-order valence-corrected chi connectivity index (χ2v) is 6.61. The van der Waals surface area contributed by atoms with Crippen LogP contribution in [0.5, 0.6) is 5.75 Å². The van der Waals surface area contributed by atoms with Crippen LogP contribution in [0.2, 0.25) is 5.02 Å². The zero-order valence-electron chi connectivity index (χ0n) is 13.2. The van der Waals surface area contributed by atoms with E-state index in [2.05, 4.69) is 9.88 Å². The lowest BCUT2D eigenvalue weighted by Gasteiger charge is -2.34. The summed E-state index contributed by atoms with van der Waals surface area (Å²) in [4.78, 5) is 6.54. The minimum atomic E-state index is -0.517. The molecule has 1 unspecified atom stereocenters. The molecule has 5 nitrogen and oxygen atoms in total. The maximum absolute atomic E-state index is 10.5. The van der Waals surface area contributed by atoms with Crippen molar-refractivity contribution in [1.29, 1.82) is 0 Å². The van der Waals surface area contributed by atoms with E-state index in [1.807, 2.05) is 29.9 Å². The van der Waals surface area contributed by atoms with Gasteiger partial charge in [-0.3, -0.25) is 4.90 Å². The van der Waals surface area contributed by atoms with E-state index in [9.17, 15) is 10.2 Å². The quantitative estimate of drug-likeness (QED) is 0.902. The van der Waals surface area contributed by atoms with E-state index in [0.29, 0.717) is 11.6 Å². The first kappa shape index (κ1) is 16.3. The van der Waals surface area contributed by atoms with Crippen LogP contribution < -0.4 is 0 Å². The van der Waals surface area contributed by atoms with Crippen LogP contribution in [-0.4, -0.2) is 37.8 Å². The van der Waals surface area contributed by atoms with Gasteiger partial charge < -0.3 is 14.8 Å². The van der Waals surface area contributed by atoms with Gasteiger partial charge in [-0.05, 0) is 37.9 Å². The second-order valence-electron chi connectivity index (χ2n) is 6.20. The highest BCUT2D eigenvalue weighted by Crippen LogP contribution is 2.32. The highest BCUT2D eigenvalue weighted by molar-refractivity contribution is 6.32. The first-order valence-corrected chi connectivity index (χ1v) is 8.28. The van der Waals surface area contributed by atoms with Gasteiger partial charge in [0.2, 0.25) is 0 Å². The third kappa shape index (κ3) is 3.52.